The molecule has 1 rings (SSSR count). The van der Waals surface area contributed by atoms with E-state index in [0.29, 0.717) is 10.7 Å². The monoisotopic (exact) mass is 279 g/mol. The number of aliphatic carboxylic acids is 1. The molecule has 1 unspecified atom stereocenters. The van der Waals surface area contributed by atoms with Crippen molar-refractivity contribution in [2.24, 2.45) is 0 Å². The Bertz CT molecular complexity index is 453. The topological polar surface area (TPSA) is 78.5 Å². The first kappa shape index (κ1) is 17.2. The predicted octanol–water partition coefficient (Wildman–Crippen LogP) is -1.66. The van der Waals surface area contributed by atoms with Crippen molar-refractivity contribution in [3.8, 4) is 0 Å². The normalized spacial score (nSPS) is 11.1. The second-order valence-electron chi connectivity index (χ2n) is 3.45. The minimum atomic E-state index is -1.46. The van der Waals surface area contributed by atoms with Crippen LogP contribution in [0.4, 0.5) is 10.5 Å². The number of nitrogens with one attached hydrogen (secondary N) is 1. The number of hydrogen-bond donors (Lipinski definition) is 1. The molecular weight excluding hydrogens is 269 g/mol. The van der Waals surface area contributed by atoms with Crippen LogP contribution in [0, 0.1) is 6.92 Å². The number of ether oxygens (including phenoxy) is 1. The average Bonchev–Trinajstić information content (AvgIpc) is 2.23. The van der Waals surface area contributed by atoms with Crippen LogP contribution in [0.5, 0.6) is 0 Å². The number of halogens is 1. The van der Waals surface area contributed by atoms with Crippen molar-refractivity contribution in [1.82, 2.24) is 0 Å². The number of anilines is 1. The van der Waals surface area contributed by atoms with Gasteiger partial charge in [-0.05, 0) is 31.5 Å². The van der Waals surface area contributed by atoms with Gasteiger partial charge in [0.25, 0.3) is 0 Å². The summed E-state index contributed by atoms with van der Waals surface area (Å²) >= 11 is 5.76. The van der Waals surface area contributed by atoms with Crippen LogP contribution in [-0.2, 0) is 9.53 Å². The first-order valence-electron chi connectivity index (χ1n) is 4.85. The van der Waals surface area contributed by atoms with Gasteiger partial charge in [-0.15, -0.1) is 0 Å². The summed E-state index contributed by atoms with van der Waals surface area (Å²) in [5.74, 6) is -1.46. The Morgan fingerprint density at radius 3 is 2.61 bits per heavy atom. The van der Waals surface area contributed by atoms with Crippen molar-refractivity contribution in [2.45, 2.75) is 20.0 Å². The van der Waals surface area contributed by atoms with E-state index in [9.17, 15) is 14.7 Å². The molecule has 0 bridgehead atoms. The molecule has 0 aliphatic carbocycles. The summed E-state index contributed by atoms with van der Waals surface area (Å²) in [6.07, 6.45) is -2.18. The number of hydrogen-bond acceptors (Lipinski definition) is 4. The Morgan fingerprint density at radius 1 is 1.44 bits per heavy atom. The molecule has 0 aliphatic rings. The summed E-state index contributed by atoms with van der Waals surface area (Å²) in [5, 5.41) is 13.2. The number of benzene rings is 1. The zero-order chi connectivity index (χ0) is 13.0. The molecule has 1 amide bonds. The predicted molar refractivity (Wildman–Crippen MR) is 60.8 cm³/mol. The van der Waals surface area contributed by atoms with Gasteiger partial charge in [-0.2, -0.15) is 0 Å². The second-order valence-corrected chi connectivity index (χ2v) is 3.89. The molecule has 1 aromatic carbocycles. The van der Waals surface area contributed by atoms with Gasteiger partial charge in [-0.1, -0.05) is 17.7 Å². The van der Waals surface area contributed by atoms with Crippen LogP contribution < -0.4 is 40.0 Å². The van der Waals surface area contributed by atoms with Gasteiger partial charge in [0, 0.05) is 10.7 Å². The second kappa shape index (κ2) is 7.63. The Balaban J connectivity index is 0.00000289. The molecule has 1 atom stereocenters. The average molecular weight is 280 g/mol. The molecule has 1 aromatic rings. The van der Waals surface area contributed by atoms with Crippen LogP contribution in [0.3, 0.4) is 0 Å². The Labute approximate surface area is 132 Å². The smallest absolute Gasteiger partial charge is 0.546 e. The van der Waals surface area contributed by atoms with Crippen molar-refractivity contribution >= 4 is 29.4 Å². The van der Waals surface area contributed by atoms with Gasteiger partial charge in [-0.25, -0.2) is 4.79 Å². The van der Waals surface area contributed by atoms with E-state index < -0.39 is 18.2 Å². The molecule has 0 radical (unpaired) electrons. The van der Waals surface area contributed by atoms with E-state index in [1.54, 1.807) is 25.1 Å². The van der Waals surface area contributed by atoms with Crippen LogP contribution in [0.1, 0.15) is 12.5 Å². The molecule has 5 nitrogen and oxygen atoms in total. The number of carbonyl (C=O) groups excluding carboxylic acids is 2. The molecule has 0 heterocycles. The quantitative estimate of drug-likeness (QED) is 0.672. The number of carboxylic acid groups (broad SMARTS) is 1. The third-order valence-electron chi connectivity index (χ3n) is 2.05. The maximum Gasteiger partial charge on any atom is 1.00 e. The fourth-order valence-electron chi connectivity index (χ4n) is 1.08. The van der Waals surface area contributed by atoms with Gasteiger partial charge in [0.2, 0.25) is 0 Å². The van der Waals surface area contributed by atoms with Crippen LogP contribution in [0.25, 0.3) is 0 Å². The van der Waals surface area contributed by atoms with E-state index in [2.05, 4.69) is 10.1 Å². The largest absolute Gasteiger partial charge is 1.00 e. The maximum atomic E-state index is 11.3. The van der Waals surface area contributed by atoms with Gasteiger partial charge in [0.1, 0.15) is 6.10 Å². The number of aryl methyl sites for hydroxylation is 1. The van der Waals surface area contributed by atoms with Crippen LogP contribution in [0.15, 0.2) is 18.2 Å². The summed E-state index contributed by atoms with van der Waals surface area (Å²) in [5.41, 5.74) is 1.25. The third-order valence-corrected chi connectivity index (χ3v) is 2.29. The van der Waals surface area contributed by atoms with E-state index in [1.165, 1.54) is 6.92 Å². The number of carbonyl (C=O) groups is 2. The molecule has 18 heavy (non-hydrogen) atoms. The zero-order valence-electron chi connectivity index (χ0n) is 10.3. The van der Waals surface area contributed by atoms with E-state index in [4.69, 9.17) is 11.6 Å². The van der Waals surface area contributed by atoms with Gasteiger partial charge < -0.3 is 14.6 Å². The van der Waals surface area contributed by atoms with Crippen molar-refractivity contribution in [3.63, 3.8) is 0 Å². The molecule has 1 N–H and O–H groups in total. The van der Waals surface area contributed by atoms with Gasteiger partial charge in [-0.3, -0.25) is 5.32 Å². The van der Waals surface area contributed by atoms with E-state index >= 15 is 0 Å². The van der Waals surface area contributed by atoms with Crippen molar-refractivity contribution in [3.05, 3.63) is 28.8 Å². The SMILES string of the molecule is Cc1ccc(Cl)cc1NC(=O)OC(C)C(=O)[O-].[Na+]. The minimum absolute atomic E-state index is 0. The van der Waals surface area contributed by atoms with Crippen LogP contribution in [0.2, 0.25) is 5.02 Å². The Kier molecular flexibility index (Phi) is 7.32. The van der Waals surface area contributed by atoms with E-state index in [1.807, 2.05) is 0 Å². The molecule has 0 aliphatic heterocycles. The zero-order valence-corrected chi connectivity index (χ0v) is 13.1. The number of amides is 1. The molecule has 7 heteroatoms. The fraction of sp³-hybridized carbons (Fsp3) is 0.273. The molecule has 0 spiro atoms. The maximum absolute atomic E-state index is 11.3. The molecule has 92 valence electrons. The summed E-state index contributed by atoms with van der Waals surface area (Å²) in [6, 6.07) is 4.94. The molecule has 0 saturated heterocycles. The molecule has 0 fully saturated rings. The third kappa shape index (κ3) is 5.27. The number of rotatable bonds is 3. The first-order valence-corrected chi connectivity index (χ1v) is 5.22. The summed E-state index contributed by atoms with van der Waals surface area (Å²) in [4.78, 5) is 21.7. The Hall–Kier alpha value is -0.750. The van der Waals surface area contributed by atoms with Gasteiger partial charge in [0.15, 0.2) is 0 Å². The fourth-order valence-corrected chi connectivity index (χ4v) is 1.25. The van der Waals surface area contributed by atoms with Gasteiger partial charge >= 0.3 is 35.7 Å². The number of carboxylic acids is 1. The molecule has 0 saturated carbocycles. The van der Waals surface area contributed by atoms with Crippen molar-refractivity contribution in [2.75, 3.05) is 5.32 Å². The van der Waals surface area contributed by atoms with E-state index in [0.717, 1.165) is 5.56 Å². The summed E-state index contributed by atoms with van der Waals surface area (Å²) in [6.45, 7) is 2.98. The standard InChI is InChI=1S/C11H12ClNO4.Na/c1-6-3-4-8(12)5-9(6)13-11(16)17-7(2)10(14)15;/h3-5,7H,1-2H3,(H,13,16)(H,14,15);/q;+1/p-1. The van der Waals surface area contributed by atoms with Gasteiger partial charge in [0.05, 0.1) is 5.97 Å². The Morgan fingerprint density at radius 2 is 2.06 bits per heavy atom. The van der Waals surface area contributed by atoms with E-state index in [-0.39, 0.29) is 29.6 Å². The van der Waals surface area contributed by atoms with Crippen molar-refractivity contribution < 1.29 is 49.0 Å². The summed E-state index contributed by atoms with van der Waals surface area (Å²) in [7, 11) is 0. The minimum Gasteiger partial charge on any atom is -0.546 e. The van der Waals surface area contributed by atoms with Crippen LogP contribution >= 0.6 is 11.6 Å². The van der Waals surface area contributed by atoms with Crippen LogP contribution in [-0.4, -0.2) is 18.2 Å². The molecule has 0 aromatic heterocycles. The summed E-state index contributed by atoms with van der Waals surface area (Å²) < 4.78 is 4.56. The first-order chi connectivity index (χ1) is 7.90. The molecular formula is C11H11ClNNaO4. The van der Waals surface area contributed by atoms with Crippen molar-refractivity contribution in [1.29, 1.82) is 0 Å².